The van der Waals surface area contributed by atoms with E-state index in [0.29, 0.717) is 0 Å². The smallest absolute Gasteiger partial charge is 0.157 e. The van der Waals surface area contributed by atoms with E-state index in [0.717, 1.165) is 26.1 Å². The van der Waals surface area contributed by atoms with Crippen molar-refractivity contribution in [2.24, 2.45) is 0 Å². The minimum atomic E-state index is -1.73. The number of hydrogen-bond donors (Lipinski definition) is 0. The van der Waals surface area contributed by atoms with Crippen LogP contribution in [-0.4, -0.2) is 25.7 Å². The molecule has 0 amide bonds. The van der Waals surface area contributed by atoms with Crippen molar-refractivity contribution in [3.63, 3.8) is 0 Å². The Bertz CT molecular complexity index is 1120. The predicted molar refractivity (Wildman–Crippen MR) is 232 cm³/mol. The van der Waals surface area contributed by atoms with Crippen LogP contribution >= 0.6 is 7.26 Å². The van der Waals surface area contributed by atoms with Crippen LogP contribution in [0, 0.1) is 0 Å². The number of allylic oxidation sites excluding steroid dienone is 2. The molecule has 0 aliphatic heterocycles. The van der Waals surface area contributed by atoms with Crippen molar-refractivity contribution < 1.29 is 26.5 Å². The lowest BCUT2D eigenvalue weighted by atomic mass is 10.1. The molecule has 0 bridgehead atoms. The fraction of sp³-hybridized carbons (Fsp3) is 0.592. The average Bonchev–Trinajstić information content (AvgIpc) is 3.19. The van der Waals surface area contributed by atoms with Gasteiger partial charge in [0.2, 0.25) is 0 Å². The van der Waals surface area contributed by atoms with Crippen molar-refractivity contribution in [2.45, 2.75) is 168 Å². The summed E-state index contributed by atoms with van der Waals surface area (Å²) in [5.41, 5.74) is 0. The normalized spacial score (nSPS) is 11.8. The number of halogens is 1. The lowest BCUT2D eigenvalue weighted by Crippen LogP contribution is -3.00. The Balaban J connectivity index is 0.00000972. The van der Waals surface area contributed by atoms with Gasteiger partial charge in [0.1, 0.15) is 23.2 Å². The maximum atomic E-state index is 6.32. The van der Waals surface area contributed by atoms with E-state index in [1.165, 1.54) is 157 Å². The second-order valence-corrected chi connectivity index (χ2v) is 18.5. The SMILES string of the molecule is CCCCCCCCCCOC(CCCCCC=CCCC[P+](c1ccccc1)(c1ccccc1)c1ccccc1)OCCCCCCCCCC.[Br-]. The first kappa shape index (κ1) is 47.4. The molecule has 0 atom stereocenters. The molecular formula is C49H76BrO2P. The molecule has 0 heterocycles. The Morgan fingerprint density at radius 1 is 0.434 bits per heavy atom. The van der Waals surface area contributed by atoms with Gasteiger partial charge in [-0.05, 0) is 87.8 Å². The third kappa shape index (κ3) is 20.1. The first-order valence-electron chi connectivity index (χ1n) is 21.7. The number of unbranched alkanes of at least 4 members (excludes halogenated alkanes) is 18. The number of benzene rings is 3. The van der Waals surface area contributed by atoms with Crippen LogP contribution in [0.3, 0.4) is 0 Å². The van der Waals surface area contributed by atoms with Crippen LogP contribution in [0.1, 0.15) is 162 Å². The first-order chi connectivity index (χ1) is 25.8. The van der Waals surface area contributed by atoms with Gasteiger partial charge in [-0.15, -0.1) is 0 Å². The van der Waals surface area contributed by atoms with Gasteiger partial charge in [-0.25, -0.2) is 0 Å². The van der Waals surface area contributed by atoms with E-state index in [1.807, 2.05) is 0 Å². The summed E-state index contributed by atoms with van der Waals surface area (Å²) in [6, 6.07) is 33.9. The first-order valence-corrected chi connectivity index (χ1v) is 23.7. The van der Waals surface area contributed by atoms with Gasteiger partial charge < -0.3 is 26.5 Å². The topological polar surface area (TPSA) is 18.5 Å². The molecule has 3 aromatic rings. The van der Waals surface area contributed by atoms with E-state index in [4.69, 9.17) is 9.47 Å². The summed E-state index contributed by atoms with van der Waals surface area (Å²) in [6.45, 7) is 6.28. The molecule has 53 heavy (non-hydrogen) atoms. The quantitative estimate of drug-likeness (QED) is 0.0264. The van der Waals surface area contributed by atoms with Crippen molar-refractivity contribution >= 4 is 23.2 Å². The van der Waals surface area contributed by atoms with E-state index in [-0.39, 0.29) is 23.3 Å². The van der Waals surface area contributed by atoms with Crippen LogP contribution in [0.5, 0.6) is 0 Å². The molecule has 0 spiro atoms. The molecule has 0 N–H and O–H groups in total. The lowest BCUT2D eigenvalue weighted by molar-refractivity contribution is -0.148. The fourth-order valence-corrected chi connectivity index (χ4v) is 11.8. The second-order valence-electron chi connectivity index (χ2n) is 14.9. The molecule has 4 heteroatoms. The lowest BCUT2D eigenvalue weighted by Gasteiger charge is -2.27. The minimum Gasteiger partial charge on any atom is -1.00 e. The number of ether oxygens (including phenoxy) is 2. The highest BCUT2D eigenvalue weighted by Gasteiger charge is 2.44. The summed E-state index contributed by atoms with van der Waals surface area (Å²) < 4.78 is 12.6. The number of hydrogen-bond acceptors (Lipinski definition) is 2. The third-order valence-corrected chi connectivity index (χ3v) is 15.1. The zero-order valence-electron chi connectivity index (χ0n) is 33.9. The summed E-state index contributed by atoms with van der Waals surface area (Å²) in [5.74, 6) is 0. The van der Waals surface area contributed by atoms with E-state index in [2.05, 4.69) is 117 Å². The second kappa shape index (κ2) is 32.5. The van der Waals surface area contributed by atoms with Crippen LogP contribution in [0.25, 0.3) is 0 Å². The summed E-state index contributed by atoms with van der Waals surface area (Å²) in [7, 11) is -1.73. The van der Waals surface area contributed by atoms with Crippen molar-refractivity contribution in [3.05, 3.63) is 103 Å². The Morgan fingerprint density at radius 2 is 0.792 bits per heavy atom. The van der Waals surface area contributed by atoms with Gasteiger partial charge in [-0.3, -0.25) is 0 Å². The van der Waals surface area contributed by atoms with Gasteiger partial charge in [-0.1, -0.05) is 177 Å². The highest BCUT2D eigenvalue weighted by Crippen LogP contribution is 2.55. The van der Waals surface area contributed by atoms with Crippen LogP contribution < -0.4 is 32.9 Å². The van der Waals surface area contributed by atoms with Crippen LogP contribution in [0.2, 0.25) is 0 Å². The molecule has 0 aliphatic rings. The highest BCUT2D eigenvalue weighted by atomic mass is 79.9. The summed E-state index contributed by atoms with van der Waals surface area (Å²) in [6.07, 6.45) is 35.6. The Morgan fingerprint density at radius 3 is 1.21 bits per heavy atom. The maximum Gasteiger partial charge on any atom is 0.157 e. The van der Waals surface area contributed by atoms with E-state index >= 15 is 0 Å². The highest BCUT2D eigenvalue weighted by molar-refractivity contribution is 7.95. The molecule has 0 unspecified atom stereocenters. The molecule has 3 aromatic carbocycles. The molecule has 0 saturated carbocycles. The van der Waals surface area contributed by atoms with Crippen molar-refractivity contribution in [1.29, 1.82) is 0 Å². The van der Waals surface area contributed by atoms with Crippen molar-refractivity contribution in [2.75, 3.05) is 19.4 Å². The monoisotopic (exact) mass is 806 g/mol. The standard InChI is InChI=1S/C49H76O2P.BrH/c1-3-5-7-9-11-16-20-33-43-50-49(51-44-34-21-17-12-10-8-6-4-2)42-32-19-15-13-14-18-22-35-45-52(46-36-26-23-27-37-46,47-38-28-24-29-39-47)48-40-30-25-31-41-48;/h14,18,23-31,36-41,49H,3-13,15-17,19-22,32-35,42-45H2,1-2H3;1H/q+1;/p-1. The summed E-state index contributed by atoms with van der Waals surface area (Å²) in [5, 5.41) is 4.45. The van der Waals surface area contributed by atoms with E-state index < -0.39 is 7.26 Å². The number of rotatable bonds is 33. The van der Waals surface area contributed by atoms with Gasteiger partial charge in [0, 0.05) is 13.2 Å². The molecule has 0 aliphatic carbocycles. The van der Waals surface area contributed by atoms with Gasteiger partial charge in [0.05, 0.1) is 6.16 Å². The van der Waals surface area contributed by atoms with Crippen molar-refractivity contribution in [1.82, 2.24) is 0 Å². The molecule has 0 fully saturated rings. The van der Waals surface area contributed by atoms with E-state index in [1.54, 1.807) is 0 Å². The zero-order valence-corrected chi connectivity index (χ0v) is 36.4. The molecular weight excluding hydrogens is 731 g/mol. The van der Waals surface area contributed by atoms with E-state index in [9.17, 15) is 0 Å². The Kier molecular flexibility index (Phi) is 29.0. The third-order valence-electron chi connectivity index (χ3n) is 10.5. The van der Waals surface area contributed by atoms with Crippen LogP contribution in [0.15, 0.2) is 103 Å². The van der Waals surface area contributed by atoms with Gasteiger partial charge in [-0.2, -0.15) is 0 Å². The minimum absolute atomic E-state index is 0. The van der Waals surface area contributed by atoms with Crippen LogP contribution in [0.4, 0.5) is 0 Å². The summed E-state index contributed by atoms with van der Waals surface area (Å²) in [4.78, 5) is 0. The van der Waals surface area contributed by atoms with Crippen molar-refractivity contribution in [3.8, 4) is 0 Å². The zero-order chi connectivity index (χ0) is 36.6. The molecule has 2 nitrogen and oxygen atoms in total. The Hall–Kier alpha value is -1.77. The Labute approximate surface area is 338 Å². The van der Waals surface area contributed by atoms with Gasteiger partial charge in [0.15, 0.2) is 6.29 Å². The molecule has 3 rings (SSSR count). The van der Waals surface area contributed by atoms with Gasteiger partial charge in [0.25, 0.3) is 0 Å². The predicted octanol–water partition coefficient (Wildman–Crippen LogP) is 10.9. The molecule has 0 saturated heterocycles. The molecule has 0 radical (unpaired) electrons. The maximum absolute atomic E-state index is 6.32. The average molecular weight is 808 g/mol. The molecule has 0 aromatic heterocycles. The van der Waals surface area contributed by atoms with Crippen LogP contribution in [-0.2, 0) is 9.47 Å². The fourth-order valence-electron chi connectivity index (χ4n) is 7.43. The summed E-state index contributed by atoms with van der Waals surface area (Å²) >= 11 is 0. The van der Waals surface area contributed by atoms with Gasteiger partial charge >= 0.3 is 0 Å². The largest absolute Gasteiger partial charge is 1.00 e. The molecule has 296 valence electrons.